The molecule has 6 aromatic carbocycles. The number of para-hydroxylation sites is 1. The van der Waals surface area contributed by atoms with Gasteiger partial charge in [-0.1, -0.05) is 97.1 Å². The summed E-state index contributed by atoms with van der Waals surface area (Å²) < 4.78 is 0. The number of fused-ring (bicyclic) bond motifs is 6. The predicted molar refractivity (Wildman–Crippen MR) is 176 cm³/mol. The van der Waals surface area contributed by atoms with Crippen LogP contribution in [0.15, 0.2) is 145 Å². The van der Waals surface area contributed by atoms with Crippen molar-refractivity contribution >= 4 is 73.1 Å². The second kappa shape index (κ2) is 8.74. The Bertz CT molecular complexity index is 2070. The number of hydrogen-bond acceptors (Lipinski definition) is 2. The zero-order chi connectivity index (χ0) is 26.9. The molecule has 0 saturated carbocycles. The third-order valence-electron chi connectivity index (χ3n) is 8.97. The summed E-state index contributed by atoms with van der Waals surface area (Å²) in [5, 5.41) is 5.10. The summed E-state index contributed by atoms with van der Waals surface area (Å²) in [7, 11) is 0. The fraction of sp³-hybridized carbons (Fsp3) is 0.0526. The standard InChI is InChI=1S/C38H27BN2/c1-3-16-30(17-4-1)40-34-20-11-21-35-38(34)39(32-22-26-12-7-9-14-28(26)24-36(32)40)33-23-27-13-8-10-15-29(27)25-37(33)41(35)31-18-5-2-6-19-31/h1,3-5,7-25H,2,6H2. The van der Waals surface area contributed by atoms with Crippen molar-refractivity contribution in [3.63, 3.8) is 0 Å². The molecule has 1 aliphatic carbocycles. The average molecular weight is 522 g/mol. The van der Waals surface area contributed by atoms with Crippen molar-refractivity contribution < 1.29 is 0 Å². The minimum absolute atomic E-state index is 0.129. The number of rotatable bonds is 2. The molecule has 0 spiro atoms. The first-order valence-corrected chi connectivity index (χ1v) is 14.6. The minimum Gasteiger partial charge on any atom is -0.312 e. The van der Waals surface area contributed by atoms with E-state index in [1.54, 1.807) is 0 Å². The molecular formula is C38H27BN2. The van der Waals surface area contributed by atoms with E-state index in [1.807, 2.05) is 0 Å². The predicted octanol–water partition coefficient (Wildman–Crippen LogP) is 7.98. The van der Waals surface area contributed by atoms with Crippen molar-refractivity contribution in [1.29, 1.82) is 0 Å². The van der Waals surface area contributed by atoms with Crippen LogP contribution in [0.25, 0.3) is 21.5 Å². The molecule has 2 aliphatic heterocycles. The third kappa shape index (κ3) is 3.33. The van der Waals surface area contributed by atoms with Crippen molar-refractivity contribution in [2.24, 2.45) is 0 Å². The molecule has 41 heavy (non-hydrogen) atoms. The number of hydrogen-bond donors (Lipinski definition) is 0. The van der Waals surface area contributed by atoms with Gasteiger partial charge < -0.3 is 9.80 Å². The summed E-state index contributed by atoms with van der Waals surface area (Å²) in [4.78, 5) is 4.99. The van der Waals surface area contributed by atoms with Crippen molar-refractivity contribution in [2.75, 3.05) is 9.80 Å². The molecule has 9 rings (SSSR count). The van der Waals surface area contributed by atoms with E-state index in [0.717, 1.165) is 12.8 Å². The minimum atomic E-state index is 0.129. The van der Waals surface area contributed by atoms with Crippen LogP contribution >= 0.6 is 0 Å². The van der Waals surface area contributed by atoms with Crippen LogP contribution in [0, 0.1) is 0 Å². The van der Waals surface area contributed by atoms with Gasteiger partial charge in [0.15, 0.2) is 0 Å². The molecule has 192 valence electrons. The summed E-state index contributed by atoms with van der Waals surface area (Å²) >= 11 is 0. The van der Waals surface area contributed by atoms with Crippen LogP contribution < -0.4 is 26.2 Å². The lowest BCUT2D eigenvalue weighted by molar-refractivity contribution is 0.998. The van der Waals surface area contributed by atoms with Gasteiger partial charge >= 0.3 is 0 Å². The van der Waals surface area contributed by atoms with Gasteiger partial charge in [0.1, 0.15) is 0 Å². The van der Waals surface area contributed by atoms with Gasteiger partial charge in [-0.2, -0.15) is 0 Å². The first kappa shape index (κ1) is 22.8. The smallest absolute Gasteiger partial charge is 0.252 e. The Kier molecular flexibility index (Phi) is 4.85. The topological polar surface area (TPSA) is 6.48 Å². The van der Waals surface area contributed by atoms with E-state index in [1.165, 1.54) is 72.1 Å². The van der Waals surface area contributed by atoms with Gasteiger partial charge in [0.2, 0.25) is 0 Å². The Morgan fingerprint density at radius 1 is 0.488 bits per heavy atom. The van der Waals surface area contributed by atoms with Crippen molar-refractivity contribution in [2.45, 2.75) is 12.8 Å². The molecule has 0 unspecified atom stereocenters. The molecular weight excluding hydrogens is 495 g/mol. The highest BCUT2D eigenvalue weighted by Gasteiger charge is 2.43. The highest BCUT2D eigenvalue weighted by molar-refractivity contribution is 7.00. The van der Waals surface area contributed by atoms with Gasteiger partial charge in [-0.15, -0.1) is 0 Å². The molecule has 2 heterocycles. The quantitative estimate of drug-likeness (QED) is 0.213. The first-order valence-electron chi connectivity index (χ1n) is 14.6. The van der Waals surface area contributed by atoms with Gasteiger partial charge in [0, 0.05) is 34.1 Å². The van der Waals surface area contributed by atoms with Gasteiger partial charge in [0.05, 0.1) is 0 Å². The second-order valence-corrected chi connectivity index (χ2v) is 11.3. The Morgan fingerprint density at radius 2 is 1.05 bits per heavy atom. The number of benzene rings is 6. The van der Waals surface area contributed by atoms with Crippen LogP contribution in [0.2, 0.25) is 0 Å². The molecule has 0 radical (unpaired) electrons. The van der Waals surface area contributed by atoms with Gasteiger partial charge in [0.25, 0.3) is 6.71 Å². The van der Waals surface area contributed by atoms with Crippen LogP contribution in [0.3, 0.4) is 0 Å². The molecule has 0 amide bonds. The average Bonchev–Trinajstić information content (AvgIpc) is 3.04. The largest absolute Gasteiger partial charge is 0.312 e. The van der Waals surface area contributed by atoms with E-state index < -0.39 is 0 Å². The normalized spacial score (nSPS) is 15.0. The monoisotopic (exact) mass is 522 g/mol. The fourth-order valence-corrected chi connectivity index (χ4v) is 7.21. The second-order valence-electron chi connectivity index (χ2n) is 11.3. The lowest BCUT2D eigenvalue weighted by Gasteiger charge is -2.44. The van der Waals surface area contributed by atoms with E-state index in [-0.39, 0.29) is 6.71 Å². The molecule has 6 aromatic rings. The van der Waals surface area contributed by atoms with E-state index >= 15 is 0 Å². The first-order chi connectivity index (χ1) is 20.3. The van der Waals surface area contributed by atoms with E-state index in [0.29, 0.717) is 0 Å². The van der Waals surface area contributed by atoms with Crippen molar-refractivity contribution in [1.82, 2.24) is 0 Å². The Balaban J connectivity index is 1.42. The molecule has 2 nitrogen and oxygen atoms in total. The van der Waals surface area contributed by atoms with Crippen LogP contribution in [0.4, 0.5) is 28.4 Å². The van der Waals surface area contributed by atoms with Crippen LogP contribution in [-0.2, 0) is 0 Å². The molecule has 0 fully saturated rings. The SMILES string of the molecule is C1=CC(N2c3cc4ccccc4cc3B3c4cc5ccccc5cc4N(c4ccccc4)c4cccc2c43)=CCC1. The Labute approximate surface area is 240 Å². The zero-order valence-electron chi connectivity index (χ0n) is 22.7. The highest BCUT2D eigenvalue weighted by atomic mass is 15.2. The lowest BCUT2D eigenvalue weighted by Crippen LogP contribution is -2.61. The van der Waals surface area contributed by atoms with Gasteiger partial charge in [-0.3, -0.25) is 0 Å². The number of nitrogens with zero attached hydrogens (tertiary/aromatic N) is 2. The van der Waals surface area contributed by atoms with E-state index in [9.17, 15) is 0 Å². The lowest BCUT2D eigenvalue weighted by atomic mass is 9.33. The fourth-order valence-electron chi connectivity index (χ4n) is 7.21. The molecule has 3 heteroatoms. The Morgan fingerprint density at radius 3 is 1.66 bits per heavy atom. The summed E-state index contributed by atoms with van der Waals surface area (Å²) in [6.07, 6.45) is 9.18. The molecule has 0 bridgehead atoms. The molecule has 0 atom stereocenters. The van der Waals surface area contributed by atoms with Crippen LogP contribution in [0.1, 0.15) is 12.8 Å². The summed E-state index contributed by atoms with van der Waals surface area (Å²) in [5.74, 6) is 0. The molecule has 3 aliphatic rings. The third-order valence-corrected chi connectivity index (χ3v) is 8.97. The highest BCUT2D eigenvalue weighted by Crippen LogP contribution is 2.44. The van der Waals surface area contributed by atoms with Crippen LogP contribution in [-0.4, -0.2) is 6.71 Å². The van der Waals surface area contributed by atoms with Crippen LogP contribution in [0.5, 0.6) is 0 Å². The molecule has 0 N–H and O–H groups in total. The zero-order valence-corrected chi connectivity index (χ0v) is 22.7. The summed E-state index contributed by atoms with van der Waals surface area (Å²) in [6.45, 7) is 0.129. The maximum absolute atomic E-state index is 2.52. The van der Waals surface area contributed by atoms with E-state index in [4.69, 9.17) is 0 Å². The van der Waals surface area contributed by atoms with Crippen molar-refractivity contribution in [3.05, 3.63) is 145 Å². The van der Waals surface area contributed by atoms with E-state index in [2.05, 4.69) is 149 Å². The maximum atomic E-state index is 2.52. The molecule has 0 aromatic heterocycles. The number of allylic oxidation sites excluding steroid dienone is 3. The maximum Gasteiger partial charge on any atom is 0.252 e. The Hall–Kier alpha value is -5.02. The summed E-state index contributed by atoms with van der Waals surface area (Å²) in [6, 6.07) is 45.0. The molecule has 0 saturated heterocycles. The number of anilines is 5. The van der Waals surface area contributed by atoms with Gasteiger partial charge in [-0.05, 0) is 93.2 Å². The van der Waals surface area contributed by atoms with Crippen molar-refractivity contribution in [3.8, 4) is 0 Å². The summed E-state index contributed by atoms with van der Waals surface area (Å²) in [5.41, 5.74) is 11.6. The van der Waals surface area contributed by atoms with Gasteiger partial charge in [-0.25, -0.2) is 0 Å².